The summed E-state index contributed by atoms with van der Waals surface area (Å²) in [5.74, 6) is 1.71. The highest BCUT2D eigenvalue weighted by atomic mass is 16.4. The highest BCUT2D eigenvalue weighted by Crippen LogP contribution is 2.82. The van der Waals surface area contributed by atoms with Gasteiger partial charge in [-0.3, -0.25) is 9.59 Å². The van der Waals surface area contributed by atoms with Crippen LogP contribution in [-0.4, -0.2) is 59.1 Å². The quantitative estimate of drug-likeness (QED) is 0.152. The van der Waals surface area contributed by atoms with Crippen LogP contribution >= 0.6 is 0 Å². The van der Waals surface area contributed by atoms with Gasteiger partial charge in [0.2, 0.25) is 5.91 Å². The second-order valence-corrected chi connectivity index (χ2v) is 22.1. The molecule has 1 amide bonds. The summed E-state index contributed by atoms with van der Waals surface area (Å²) >= 11 is 0. The molecule has 0 radical (unpaired) electrons. The van der Waals surface area contributed by atoms with Gasteiger partial charge in [-0.05, 0) is 169 Å². The number of nitrogens with zero attached hydrogens (tertiary/aromatic N) is 1. The lowest BCUT2D eigenvalue weighted by Gasteiger charge is -2.77. The van der Waals surface area contributed by atoms with Crippen LogP contribution in [0.25, 0.3) is 5.57 Å². The molecule has 4 saturated carbocycles. The summed E-state index contributed by atoms with van der Waals surface area (Å²) in [4.78, 5) is 40.3. The van der Waals surface area contributed by atoms with Gasteiger partial charge >= 0.3 is 11.9 Å². The first-order chi connectivity index (χ1) is 27.6. The number of nitrogens with one attached hydrogen (secondary N) is 1. The number of benzene rings is 1. The number of carbonyl (C=O) groups is 3. The molecule has 7 nitrogen and oxygen atoms in total. The van der Waals surface area contributed by atoms with E-state index in [2.05, 4.69) is 99.0 Å². The van der Waals surface area contributed by atoms with Crippen molar-refractivity contribution < 1.29 is 24.6 Å². The molecule has 4 fully saturated rings. The van der Waals surface area contributed by atoms with Gasteiger partial charge in [-0.15, -0.1) is 0 Å². The molecule has 5 aliphatic rings. The van der Waals surface area contributed by atoms with Crippen molar-refractivity contribution in [1.82, 2.24) is 10.2 Å². The third kappa shape index (κ3) is 6.98. The van der Waals surface area contributed by atoms with E-state index in [-0.39, 0.29) is 45.3 Å². The number of fused-ring (bicyclic) bond motifs is 7. The lowest BCUT2D eigenvalue weighted by molar-refractivity contribution is -0.273. The van der Waals surface area contributed by atoms with Gasteiger partial charge in [-0.1, -0.05) is 99.6 Å². The Morgan fingerprint density at radius 3 is 2.14 bits per heavy atom. The van der Waals surface area contributed by atoms with Crippen LogP contribution in [0.1, 0.15) is 163 Å². The molecule has 59 heavy (non-hydrogen) atoms. The highest BCUT2D eigenvalue weighted by molar-refractivity contribution is 5.88. The Labute approximate surface area is 357 Å². The standard InChI is InChI=1S/C52H80N2O5/c1-13-30-54(31-22-43(55)56)32-29-53-46(59)51-24-20-39(34(4)5)44(51)41-18-19-42-48(10)23-21-40(37-14-16-38(17-15-37)45(57)58)47(8,9)50(48,12)26-25-49(42,11)52(41,28-27-51)36(7)35(6)33(2)3/h14-17,21,33,35-36,39,41-42,44H,4,13,18-20,22-32H2,1-3,5-12H3,(H,53,59)(H,55,56)(H,57,58)/t35-,36+,39+,41-,42?,44-,48-,49-,50+,51+,52?/m1/s1. The van der Waals surface area contributed by atoms with Crippen molar-refractivity contribution in [3.8, 4) is 0 Å². The van der Waals surface area contributed by atoms with Crippen LogP contribution < -0.4 is 5.32 Å². The number of hydrogen-bond acceptors (Lipinski definition) is 4. The van der Waals surface area contributed by atoms with Crippen LogP contribution in [0.3, 0.4) is 0 Å². The smallest absolute Gasteiger partial charge is 0.335 e. The maximum absolute atomic E-state index is 15.0. The number of amides is 1. The Morgan fingerprint density at radius 2 is 1.54 bits per heavy atom. The molecule has 0 aliphatic heterocycles. The molecule has 0 saturated heterocycles. The zero-order valence-corrected chi connectivity index (χ0v) is 38.8. The van der Waals surface area contributed by atoms with E-state index in [1.54, 1.807) is 12.1 Å². The van der Waals surface area contributed by atoms with Gasteiger partial charge in [0.25, 0.3) is 0 Å². The van der Waals surface area contributed by atoms with Crippen LogP contribution in [0, 0.1) is 73.9 Å². The van der Waals surface area contributed by atoms with Gasteiger partial charge in [0.05, 0.1) is 17.4 Å². The first-order valence-electron chi connectivity index (χ1n) is 23.5. The summed E-state index contributed by atoms with van der Waals surface area (Å²) in [7, 11) is 0. The maximum Gasteiger partial charge on any atom is 0.335 e. The lowest BCUT2D eigenvalue weighted by atomic mass is 9.27. The Morgan fingerprint density at radius 1 is 0.864 bits per heavy atom. The number of carboxylic acid groups (broad SMARTS) is 2. The molecule has 3 N–H and O–H groups in total. The van der Waals surface area contributed by atoms with Crippen LogP contribution in [0.4, 0.5) is 0 Å². The fraction of sp³-hybridized carbons (Fsp3) is 0.750. The largest absolute Gasteiger partial charge is 0.481 e. The van der Waals surface area contributed by atoms with E-state index >= 15 is 0 Å². The van der Waals surface area contributed by atoms with Crippen molar-refractivity contribution >= 4 is 23.4 Å². The van der Waals surface area contributed by atoms with Crippen LogP contribution in [-0.2, 0) is 9.59 Å². The summed E-state index contributed by atoms with van der Waals surface area (Å²) in [6, 6.07) is 7.57. The maximum atomic E-state index is 15.0. The minimum atomic E-state index is -0.887. The van der Waals surface area contributed by atoms with Crippen LogP contribution in [0.5, 0.6) is 0 Å². The number of carbonyl (C=O) groups excluding carboxylic acids is 1. The van der Waals surface area contributed by atoms with Crippen molar-refractivity contribution in [2.75, 3.05) is 26.2 Å². The molecule has 0 spiro atoms. The summed E-state index contributed by atoms with van der Waals surface area (Å²) in [5.41, 5.74) is 3.79. The number of carboxylic acids is 2. The second kappa shape index (κ2) is 16.4. The number of aromatic carboxylic acids is 1. The predicted molar refractivity (Wildman–Crippen MR) is 240 cm³/mol. The first kappa shape index (κ1) is 45.6. The van der Waals surface area contributed by atoms with E-state index in [1.165, 1.54) is 24.0 Å². The molecule has 0 heterocycles. The summed E-state index contributed by atoms with van der Waals surface area (Å²) in [5, 5.41) is 22.5. The van der Waals surface area contributed by atoms with Gasteiger partial charge < -0.3 is 20.4 Å². The van der Waals surface area contributed by atoms with Crippen LogP contribution in [0.2, 0.25) is 0 Å². The van der Waals surface area contributed by atoms with Crippen molar-refractivity contribution in [2.45, 2.75) is 147 Å². The second-order valence-electron chi connectivity index (χ2n) is 22.1. The van der Waals surface area contributed by atoms with Crippen LogP contribution in [0.15, 0.2) is 42.5 Å². The minimum Gasteiger partial charge on any atom is -0.481 e. The molecule has 11 atom stereocenters. The zero-order chi connectivity index (χ0) is 43.5. The lowest BCUT2D eigenvalue weighted by Crippen LogP contribution is -2.71. The molecule has 6 rings (SSSR count). The van der Waals surface area contributed by atoms with Crippen molar-refractivity contribution in [2.24, 2.45) is 73.9 Å². The highest BCUT2D eigenvalue weighted by Gasteiger charge is 2.75. The number of aliphatic carboxylic acids is 1. The molecule has 7 heteroatoms. The van der Waals surface area contributed by atoms with Gasteiger partial charge in [0, 0.05) is 19.6 Å². The fourth-order valence-electron chi connectivity index (χ4n) is 15.8. The Balaban J connectivity index is 1.40. The monoisotopic (exact) mass is 813 g/mol. The fourth-order valence-corrected chi connectivity index (χ4v) is 15.8. The van der Waals surface area contributed by atoms with Gasteiger partial charge in [0.1, 0.15) is 0 Å². The normalized spacial score (nSPS) is 37.0. The summed E-state index contributed by atoms with van der Waals surface area (Å²) < 4.78 is 0. The molecule has 1 aromatic carbocycles. The van der Waals surface area contributed by atoms with E-state index < -0.39 is 17.4 Å². The SMILES string of the molecule is C=C(C)[C@@H]1CC[C@]2(C(=O)NCCN(CCC)CCC(=O)O)CCC3([C@@H](C)[C@H](C)C(C)C)[C@H](CCC4[C@@]3(C)CC[C@@]3(C)C(C)(C)C(c5ccc(C(=O)O)cc5)=CC[C@]43C)[C@@H]12. The first-order valence-corrected chi connectivity index (χ1v) is 23.5. The minimum absolute atomic E-state index is 0.0304. The van der Waals surface area contributed by atoms with E-state index in [9.17, 15) is 24.6 Å². The average molecular weight is 813 g/mol. The van der Waals surface area contributed by atoms with E-state index in [1.807, 2.05) is 12.1 Å². The molecule has 0 aromatic heterocycles. The number of hydrogen-bond donors (Lipinski definition) is 3. The molecule has 1 aromatic rings. The van der Waals surface area contributed by atoms with Gasteiger partial charge in [-0.2, -0.15) is 0 Å². The average Bonchev–Trinajstić information content (AvgIpc) is 3.59. The molecule has 2 unspecified atom stereocenters. The number of allylic oxidation sites excluding steroid dienone is 3. The summed E-state index contributed by atoms with van der Waals surface area (Å²) in [6.45, 7) is 34.4. The Hall–Kier alpha value is -2.93. The van der Waals surface area contributed by atoms with Crippen molar-refractivity contribution in [3.05, 3.63) is 53.6 Å². The number of rotatable bonds is 15. The van der Waals surface area contributed by atoms with E-state index in [4.69, 9.17) is 0 Å². The topological polar surface area (TPSA) is 107 Å². The molecule has 328 valence electrons. The Bertz CT molecular complexity index is 1800. The van der Waals surface area contributed by atoms with Gasteiger partial charge in [0.15, 0.2) is 0 Å². The van der Waals surface area contributed by atoms with Crippen molar-refractivity contribution in [3.63, 3.8) is 0 Å². The van der Waals surface area contributed by atoms with E-state index in [0.717, 1.165) is 63.5 Å². The zero-order valence-electron chi connectivity index (χ0n) is 38.8. The molecular weight excluding hydrogens is 733 g/mol. The summed E-state index contributed by atoms with van der Waals surface area (Å²) in [6.07, 6.45) is 13.2. The third-order valence-corrected chi connectivity index (χ3v) is 19.7. The predicted octanol–water partition coefficient (Wildman–Crippen LogP) is 11.6. The van der Waals surface area contributed by atoms with Gasteiger partial charge in [-0.25, -0.2) is 4.79 Å². The molecule has 0 bridgehead atoms. The third-order valence-electron chi connectivity index (χ3n) is 19.7. The molecule has 5 aliphatic carbocycles. The van der Waals surface area contributed by atoms with Crippen molar-refractivity contribution in [1.29, 1.82) is 0 Å². The van der Waals surface area contributed by atoms with E-state index in [0.29, 0.717) is 60.7 Å². The molecular formula is C52H80N2O5. The Kier molecular flexibility index (Phi) is 12.7.